The Labute approximate surface area is 459 Å². The number of rotatable bonds is 17. The minimum absolute atomic E-state index is 0.00347. The van der Waals surface area contributed by atoms with Crippen molar-refractivity contribution in [3.63, 3.8) is 0 Å². The van der Waals surface area contributed by atoms with E-state index in [1.165, 1.54) is 6.20 Å². The van der Waals surface area contributed by atoms with Crippen LogP contribution in [-0.4, -0.2) is 107 Å². The van der Waals surface area contributed by atoms with Crippen LogP contribution in [0.3, 0.4) is 0 Å². The SMILES string of the molecule is C[C@@H](N)[C@@H]1C[C@@H]1C#N.C[C@@H](NC(=O)c1cn(COCC[Si](C)(C)C)c2ncc(-c3nn(C)c4cc(Cl)ccc34)nc12)[C@@H]1C[C@@H]1C#N.Cn1nc(-c2cnc3c(n2)c(C(=O)O)cn3COCC[Si](C)(C)C)c2ccc(Cl)cc21. The van der Waals surface area contributed by atoms with Gasteiger partial charge >= 0.3 is 5.97 Å². The van der Waals surface area contributed by atoms with Crippen molar-refractivity contribution in [1.29, 1.82) is 10.5 Å². The zero-order valence-corrected chi connectivity index (χ0v) is 48.7. The Kier molecular flexibility index (Phi) is 17.1. The molecule has 2 saturated carbocycles. The Bertz CT molecular complexity index is 3580. The van der Waals surface area contributed by atoms with Crippen molar-refractivity contribution >= 4 is 95.4 Å². The van der Waals surface area contributed by atoms with Crippen LogP contribution < -0.4 is 11.1 Å². The number of hydrogen-bond acceptors (Lipinski definition) is 13. The summed E-state index contributed by atoms with van der Waals surface area (Å²) < 4.78 is 18.8. The lowest BCUT2D eigenvalue weighted by Crippen LogP contribution is -2.34. The van der Waals surface area contributed by atoms with E-state index >= 15 is 0 Å². The lowest BCUT2D eigenvalue weighted by Gasteiger charge is -2.15. The van der Waals surface area contributed by atoms with Crippen LogP contribution in [0.2, 0.25) is 61.4 Å². The summed E-state index contributed by atoms with van der Waals surface area (Å²) in [5, 5.41) is 42.5. The number of aryl methyl sites for hydroxylation is 2. The van der Waals surface area contributed by atoms with Crippen molar-refractivity contribution in [3.05, 3.63) is 82.4 Å². The number of halogens is 2. The van der Waals surface area contributed by atoms with Gasteiger partial charge in [-0.3, -0.25) is 14.2 Å². The molecule has 2 fully saturated rings. The molecule has 0 bridgehead atoms. The van der Waals surface area contributed by atoms with E-state index in [9.17, 15) is 20.0 Å². The van der Waals surface area contributed by atoms with Gasteiger partial charge in [-0.2, -0.15) is 20.7 Å². The molecule has 8 aromatic rings. The van der Waals surface area contributed by atoms with E-state index in [0.29, 0.717) is 79.8 Å². The molecule has 10 rings (SSSR count). The van der Waals surface area contributed by atoms with Gasteiger partial charge in [-0.25, -0.2) is 24.7 Å². The Morgan fingerprint density at radius 2 is 1.19 bits per heavy atom. The number of nitriles is 2. The first kappa shape index (κ1) is 56.6. The van der Waals surface area contributed by atoms with E-state index in [4.69, 9.17) is 53.6 Å². The van der Waals surface area contributed by atoms with Crippen LogP contribution in [0, 0.1) is 46.3 Å². The molecule has 2 aliphatic carbocycles. The fourth-order valence-electron chi connectivity index (χ4n) is 9.02. The zero-order valence-electron chi connectivity index (χ0n) is 45.2. The molecular formula is C54H66Cl2N14O5Si2. The standard InChI is InChI=1S/C27H32ClN7O2Si.C21H24ClN5O3Si.C6H10N2/c1-16(20-10-17(20)12-29)31-27(36)21-14-35(15-37-8-9-38(3,4)5)26-25(21)32-22(13-30-26)24-19-7-6-18(28)11-23(19)34(2)33-24;1-26-17-9-13(22)5-6-14(17)18(25-26)16-10-23-20-19(24-16)15(21(28)29)11-27(20)12-30-7-8-31(2,3)4;1-4(8)6-2-5(6)3-7/h6-7,11,13-14,16-17,20H,8-10,15H2,1-5H3,(H,31,36);5-6,9-11H,7-8,12H2,1-4H3,(H,28,29);4-6H,2,8H2,1H3/t16-,17-,20+;;4-,5-,6+/m1.1/s1. The molecule has 0 saturated heterocycles. The lowest BCUT2D eigenvalue weighted by molar-refractivity contribution is 0.0695. The summed E-state index contributed by atoms with van der Waals surface area (Å²) in [5.41, 5.74) is 12.0. The van der Waals surface area contributed by atoms with Crippen molar-refractivity contribution in [1.82, 2.24) is 53.9 Å². The number of ether oxygens (including phenoxy) is 2. The largest absolute Gasteiger partial charge is 0.478 e. The molecule has 2 aromatic carbocycles. The van der Waals surface area contributed by atoms with E-state index < -0.39 is 22.1 Å². The summed E-state index contributed by atoms with van der Waals surface area (Å²) >= 11 is 12.3. The van der Waals surface area contributed by atoms with Crippen LogP contribution in [0.4, 0.5) is 0 Å². The van der Waals surface area contributed by atoms with Gasteiger partial charge in [0.05, 0.1) is 53.0 Å². The molecule has 404 valence electrons. The second kappa shape index (κ2) is 23.2. The number of aromatic nitrogens is 10. The summed E-state index contributed by atoms with van der Waals surface area (Å²) in [6.45, 7) is 19.5. The van der Waals surface area contributed by atoms with E-state index in [2.05, 4.69) is 76.9 Å². The molecule has 1 amide bonds. The minimum atomic E-state index is -1.23. The molecule has 0 radical (unpaired) electrons. The number of benzene rings is 2. The normalized spacial score (nSPS) is 17.8. The molecule has 6 aromatic heterocycles. The second-order valence-corrected chi connectivity index (χ2v) is 34.7. The summed E-state index contributed by atoms with van der Waals surface area (Å²) in [6.07, 6.45) is 8.42. The topological polar surface area (TPSA) is 256 Å². The predicted molar refractivity (Wildman–Crippen MR) is 305 cm³/mol. The fraction of sp³-hybridized carbons (Fsp3) is 0.444. The molecule has 2 aliphatic rings. The van der Waals surface area contributed by atoms with Gasteiger partial charge in [-0.15, -0.1) is 0 Å². The minimum Gasteiger partial charge on any atom is -0.478 e. The maximum Gasteiger partial charge on any atom is 0.339 e. The molecule has 6 heterocycles. The van der Waals surface area contributed by atoms with Gasteiger partial charge in [0.15, 0.2) is 11.3 Å². The van der Waals surface area contributed by atoms with Gasteiger partial charge in [-0.05, 0) is 87.0 Å². The number of amides is 1. The first-order valence-electron chi connectivity index (χ1n) is 25.7. The van der Waals surface area contributed by atoms with Gasteiger partial charge in [0.1, 0.15) is 52.8 Å². The number of aromatic carboxylic acids is 1. The van der Waals surface area contributed by atoms with Gasteiger partial charge < -0.3 is 34.8 Å². The average molecular weight is 1120 g/mol. The molecule has 23 heteroatoms. The number of nitrogens with zero attached hydrogens (tertiary/aromatic N) is 12. The first-order valence-corrected chi connectivity index (χ1v) is 33.8. The number of nitrogens with one attached hydrogen (secondary N) is 1. The summed E-state index contributed by atoms with van der Waals surface area (Å²) in [4.78, 5) is 44.0. The monoisotopic (exact) mass is 1120 g/mol. The third-order valence-corrected chi connectivity index (χ3v) is 17.7. The van der Waals surface area contributed by atoms with Crippen LogP contribution in [0.15, 0.2) is 61.2 Å². The van der Waals surface area contributed by atoms with E-state index in [1.807, 2.05) is 62.8 Å². The van der Waals surface area contributed by atoms with Crippen molar-refractivity contribution in [2.24, 2.45) is 43.5 Å². The van der Waals surface area contributed by atoms with Gasteiger partial charge in [-0.1, -0.05) is 62.5 Å². The van der Waals surface area contributed by atoms with Crippen LogP contribution in [-0.2, 0) is 37.0 Å². The van der Waals surface area contributed by atoms with Gasteiger partial charge in [0.2, 0.25) is 0 Å². The van der Waals surface area contributed by atoms with Gasteiger partial charge in [0, 0.05) is 88.8 Å². The van der Waals surface area contributed by atoms with E-state index in [0.717, 1.165) is 46.7 Å². The molecule has 4 N–H and O–H groups in total. The molecule has 0 unspecified atom stereocenters. The van der Waals surface area contributed by atoms with Crippen LogP contribution in [0.1, 0.15) is 47.4 Å². The van der Waals surface area contributed by atoms with E-state index in [-0.39, 0.29) is 54.8 Å². The Morgan fingerprint density at radius 3 is 1.60 bits per heavy atom. The fourth-order valence-corrected chi connectivity index (χ4v) is 10.9. The number of carboxylic acids is 1. The highest BCUT2D eigenvalue weighted by Crippen LogP contribution is 2.41. The molecule has 6 atom stereocenters. The van der Waals surface area contributed by atoms with Crippen molar-refractivity contribution in [3.8, 4) is 34.9 Å². The summed E-state index contributed by atoms with van der Waals surface area (Å²) in [6, 6.07) is 17.8. The van der Waals surface area contributed by atoms with Crippen LogP contribution >= 0.6 is 23.2 Å². The number of carbonyl (C=O) groups is 2. The number of nitrogens with two attached hydrogens (primary N) is 1. The number of hydrogen-bond donors (Lipinski definition) is 3. The van der Waals surface area contributed by atoms with E-state index in [1.54, 1.807) is 38.6 Å². The Morgan fingerprint density at radius 1 is 0.753 bits per heavy atom. The quantitative estimate of drug-likeness (QED) is 0.0566. The van der Waals surface area contributed by atoms with Crippen molar-refractivity contribution in [2.45, 2.75) is 104 Å². The first-order chi connectivity index (χ1) is 36.4. The predicted octanol–water partition coefficient (Wildman–Crippen LogP) is 10.4. The third-order valence-electron chi connectivity index (χ3n) is 13.9. The lowest BCUT2D eigenvalue weighted by atomic mass is 10.1. The average Bonchev–Trinajstić information content (AvgIpc) is 4.22. The zero-order chi connectivity index (χ0) is 55.7. The molecule has 0 spiro atoms. The maximum atomic E-state index is 13.4. The van der Waals surface area contributed by atoms with Crippen molar-refractivity contribution in [2.75, 3.05) is 13.2 Å². The highest BCUT2D eigenvalue weighted by molar-refractivity contribution is 6.76. The smallest absolute Gasteiger partial charge is 0.339 e. The summed E-state index contributed by atoms with van der Waals surface area (Å²) in [5.74, 6) is -0.347. The molecule has 77 heavy (non-hydrogen) atoms. The second-order valence-electron chi connectivity index (χ2n) is 22.5. The Balaban J connectivity index is 0.000000180. The number of fused-ring (bicyclic) bond motifs is 4. The molecular weight excluding hydrogens is 1050 g/mol. The third kappa shape index (κ3) is 13.4. The Hall–Kier alpha value is -6.57. The number of carboxylic acid groups (broad SMARTS) is 1. The van der Waals surface area contributed by atoms with Crippen LogP contribution in [0.5, 0.6) is 0 Å². The van der Waals surface area contributed by atoms with Crippen molar-refractivity contribution < 1.29 is 24.2 Å². The highest BCUT2D eigenvalue weighted by Gasteiger charge is 2.42. The molecule has 0 aliphatic heterocycles. The number of carbonyl (C=O) groups excluding carboxylic acids is 1. The van der Waals surface area contributed by atoms with Crippen LogP contribution in [0.25, 0.3) is 66.9 Å². The van der Waals surface area contributed by atoms with Gasteiger partial charge in [0.25, 0.3) is 5.91 Å². The highest BCUT2D eigenvalue weighted by atomic mass is 35.5. The maximum absolute atomic E-state index is 13.4. The molecule has 19 nitrogen and oxygen atoms in total. The summed E-state index contributed by atoms with van der Waals surface area (Å²) in [7, 11) is 1.25.